The molecule has 2 aromatic rings. The van der Waals surface area contributed by atoms with E-state index in [4.69, 9.17) is 5.73 Å². The normalized spacial score (nSPS) is 10.3. The summed E-state index contributed by atoms with van der Waals surface area (Å²) in [5, 5.41) is 0. The summed E-state index contributed by atoms with van der Waals surface area (Å²) in [4.78, 5) is 8.30. The maximum Gasteiger partial charge on any atom is 0.208 e. The summed E-state index contributed by atoms with van der Waals surface area (Å²) in [7, 11) is 0. The molecule has 92 valence electrons. The smallest absolute Gasteiger partial charge is 0.208 e. The third-order valence-electron chi connectivity index (χ3n) is 2.53. The number of anilines is 1. The van der Waals surface area contributed by atoms with Crippen LogP contribution in [-0.2, 0) is 19.0 Å². The molecule has 0 bridgehead atoms. The maximum absolute atomic E-state index is 5.71. The molecule has 0 saturated carbocycles. The summed E-state index contributed by atoms with van der Waals surface area (Å²) in [6.45, 7) is 3.14. The highest BCUT2D eigenvalue weighted by Crippen LogP contribution is 2.21. The molecule has 0 aliphatic carbocycles. The van der Waals surface area contributed by atoms with Gasteiger partial charge < -0.3 is 5.73 Å². The third kappa shape index (κ3) is 2.65. The Balaban J connectivity index is 2.30. The second-order valence-corrected chi connectivity index (χ2v) is 4.06. The van der Waals surface area contributed by atoms with Crippen molar-refractivity contribution in [2.45, 2.75) is 19.9 Å². The highest BCUT2D eigenvalue weighted by Gasteiger charge is 2.07. The first-order valence-electron chi connectivity index (χ1n) is 5.70. The Kier molecular flexibility index (Phi) is 3.88. The molecular formula is C12H14N5S+. The van der Waals surface area contributed by atoms with E-state index in [2.05, 4.69) is 38.2 Å². The minimum atomic E-state index is 0.257. The minimum Gasteiger partial charge on any atom is -0.381 e. The molecule has 0 aliphatic heterocycles. The molecule has 2 aromatic heterocycles. The molecule has 0 saturated heterocycles. The molecule has 0 fully saturated rings. The number of rotatable bonds is 4. The minimum absolute atomic E-state index is 0.257. The van der Waals surface area contributed by atoms with Crippen LogP contribution in [-0.4, -0.2) is 9.97 Å². The fraction of sp³-hybridized carbons (Fsp3) is 0.250. The van der Waals surface area contributed by atoms with Gasteiger partial charge in [0.2, 0.25) is 5.82 Å². The molecule has 0 spiro atoms. The zero-order chi connectivity index (χ0) is 13.0. The van der Waals surface area contributed by atoms with E-state index in [1.165, 1.54) is 0 Å². The first kappa shape index (κ1) is 12.5. The second-order valence-electron chi connectivity index (χ2n) is 3.88. The molecule has 6 heteroatoms. The van der Waals surface area contributed by atoms with Gasteiger partial charge in [-0.2, -0.15) is 4.36 Å². The quantitative estimate of drug-likeness (QED) is 0.851. The van der Waals surface area contributed by atoms with Crippen LogP contribution in [0.2, 0.25) is 0 Å². The molecule has 0 amide bonds. The van der Waals surface area contributed by atoms with Crippen LogP contribution in [0.25, 0.3) is 11.3 Å². The van der Waals surface area contributed by atoms with Gasteiger partial charge in [-0.1, -0.05) is 6.92 Å². The lowest BCUT2D eigenvalue weighted by Crippen LogP contribution is -2.31. The van der Waals surface area contributed by atoms with Crippen molar-refractivity contribution in [3.8, 4) is 11.3 Å². The molecule has 0 aliphatic rings. The molecule has 0 unspecified atom stereocenters. The van der Waals surface area contributed by atoms with E-state index in [1.54, 1.807) is 6.20 Å². The maximum atomic E-state index is 5.71. The molecule has 18 heavy (non-hydrogen) atoms. The van der Waals surface area contributed by atoms with Crippen LogP contribution < -0.4 is 10.3 Å². The molecule has 0 radical (unpaired) electrons. The number of nitrogen functional groups attached to an aromatic ring is 1. The van der Waals surface area contributed by atoms with Gasteiger partial charge in [-0.3, -0.25) is 0 Å². The van der Waals surface area contributed by atoms with Gasteiger partial charge in [0.25, 0.3) is 0 Å². The molecule has 0 atom stereocenters. The summed E-state index contributed by atoms with van der Waals surface area (Å²) in [6, 6.07) is 3.98. The first-order valence-corrected chi connectivity index (χ1v) is 6.06. The molecular weight excluding hydrogens is 246 g/mol. The van der Waals surface area contributed by atoms with Crippen molar-refractivity contribution in [2.75, 3.05) is 5.73 Å². The summed E-state index contributed by atoms with van der Waals surface area (Å²) < 4.78 is 5.64. The lowest BCUT2D eigenvalue weighted by Gasteiger charge is -2.02. The van der Waals surface area contributed by atoms with Crippen molar-refractivity contribution >= 4 is 24.1 Å². The average Bonchev–Trinajstić information content (AvgIpc) is 2.40. The van der Waals surface area contributed by atoms with Crippen LogP contribution in [0, 0.1) is 0 Å². The Hall–Kier alpha value is -1.95. The van der Waals surface area contributed by atoms with Crippen LogP contribution >= 0.6 is 0 Å². The van der Waals surface area contributed by atoms with E-state index in [0.717, 1.165) is 24.2 Å². The Labute approximate surface area is 111 Å². The topological polar surface area (TPSA) is 68.0 Å². The Morgan fingerprint density at radius 1 is 1.39 bits per heavy atom. The summed E-state index contributed by atoms with van der Waals surface area (Å²) >= 11 is 4.55. The Morgan fingerprint density at radius 3 is 2.67 bits per heavy atom. The zero-order valence-electron chi connectivity index (χ0n) is 10.1. The van der Waals surface area contributed by atoms with E-state index < -0.39 is 0 Å². The van der Waals surface area contributed by atoms with Crippen LogP contribution in [0.3, 0.4) is 0 Å². The fourth-order valence-corrected chi connectivity index (χ4v) is 1.78. The molecule has 0 aromatic carbocycles. The zero-order valence-corrected chi connectivity index (χ0v) is 10.9. The summed E-state index contributed by atoms with van der Waals surface area (Å²) in [6.07, 6.45) is 6.76. The number of aromatic nitrogens is 3. The lowest BCUT2D eigenvalue weighted by atomic mass is 10.2. The largest absolute Gasteiger partial charge is 0.381 e. The van der Waals surface area contributed by atoms with Gasteiger partial charge in [-0.25, -0.2) is 14.5 Å². The third-order valence-corrected chi connectivity index (χ3v) is 2.71. The fourth-order valence-electron chi connectivity index (χ4n) is 1.64. The monoisotopic (exact) mass is 260 g/mol. The number of nitrogens with two attached hydrogens (primary N) is 1. The van der Waals surface area contributed by atoms with Gasteiger partial charge >= 0.3 is 0 Å². The van der Waals surface area contributed by atoms with Crippen molar-refractivity contribution in [3.63, 3.8) is 0 Å². The molecule has 2 heterocycles. The van der Waals surface area contributed by atoms with E-state index >= 15 is 0 Å². The number of hydrogen-bond donors (Lipinski definition) is 1. The molecule has 5 nitrogen and oxygen atoms in total. The van der Waals surface area contributed by atoms with E-state index in [0.29, 0.717) is 5.82 Å². The average molecular weight is 260 g/mol. The lowest BCUT2D eigenvalue weighted by molar-refractivity contribution is -0.696. The Bertz CT molecular complexity index is 553. The van der Waals surface area contributed by atoms with Crippen molar-refractivity contribution in [3.05, 3.63) is 30.7 Å². The molecule has 2 rings (SSSR count). The summed E-state index contributed by atoms with van der Waals surface area (Å²) in [5.41, 5.74) is 7.40. The number of nitrogens with zero attached hydrogens (tertiary/aromatic N) is 4. The van der Waals surface area contributed by atoms with E-state index in [9.17, 15) is 0 Å². The van der Waals surface area contributed by atoms with E-state index in [-0.39, 0.29) is 5.82 Å². The van der Waals surface area contributed by atoms with Crippen LogP contribution in [0.4, 0.5) is 11.6 Å². The SMILES string of the molecule is CCC[n+]1ccc(-c2cnc(N=S)c(N)n2)cc1. The highest BCUT2D eigenvalue weighted by atomic mass is 32.1. The number of pyridine rings is 1. The van der Waals surface area contributed by atoms with Crippen molar-refractivity contribution in [1.82, 2.24) is 9.97 Å². The second kappa shape index (κ2) is 5.59. The van der Waals surface area contributed by atoms with Crippen LogP contribution in [0.5, 0.6) is 0 Å². The Morgan fingerprint density at radius 2 is 2.11 bits per heavy atom. The first-order chi connectivity index (χ1) is 8.74. The highest BCUT2D eigenvalue weighted by molar-refractivity contribution is 7.47. The van der Waals surface area contributed by atoms with Crippen molar-refractivity contribution in [1.29, 1.82) is 0 Å². The van der Waals surface area contributed by atoms with Crippen LogP contribution in [0.15, 0.2) is 35.1 Å². The number of hydrogen-bond acceptors (Lipinski definition) is 5. The number of aryl methyl sites for hydroxylation is 1. The van der Waals surface area contributed by atoms with Gasteiger partial charge in [-0.05, 0) is 0 Å². The van der Waals surface area contributed by atoms with Crippen molar-refractivity contribution in [2.24, 2.45) is 4.36 Å². The van der Waals surface area contributed by atoms with Gasteiger partial charge in [0.1, 0.15) is 6.54 Å². The van der Waals surface area contributed by atoms with E-state index in [1.807, 2.05) is 24.5 Å². The standard InChI is InChI=1S/C12H13N5S/c1-2-5-17-6-3-9(4-7-17)10-8-14-12(16-18)11(13)15-10/h3-4,6-8H,2,5H2,1H3,(H-,13,15,18)/p+1. The van der Waals surface area contributed by atoms with Crippen LogP contribution in [0.1, 0.15) is 13.3 Å². The predicted octanol–water partition coefficient (Wildman–Crippen LogP) is 1.79. The predicted molar refractivity (Wildman–Crippen MR) is 71.8 cm³/mol. The van der Waals surface area contributed by atoms with Gasteiger partial charge in [0, 0.05) is 36.5 Å². The van der Waals surface area contributed by atoms with Gasteiger partial charge in [0.15, 0.2) is 18.2 Å². The van der Waals surface area contributed by atoms with Gasteiger partial charge in [0.05, 0.1) is 11.9 Å². The van der Waals surface area contributed by atoms with Crippen molar-refractivity contribution < 1.29 is 4.57 Å². The molecule has 2 N–H and O–H groups in total. The van der Waals surface area contributed by atoms with Gasteiger partial charge in [-0.15, -0.1) is 0 Å². The summed E-state index contributed by atoms with van der Waals surface area (Å²) in [5.74, 6) is 0.554.